The third-order valence-electron chi connectivity index (χ3n) is 4.88. The van der Waals surface area contributed by atoms with Crippen molar-refractivity contribution in [3.8, 4) is 0 Å². The number of amides is 4. The lowest BCUT2D eigenvalue weighted by molar-refractivity contribution is -0.143. The fourth-order valence-corrected chi connectivity index (χ4v) is 3.41. The second-order valence-corrected chi connectivity index (χ2v) is 6.87. The SMILES string of the molecule is O=C1C[C@@H](C(=O)N[C@@H](Cc2cnc[nH]2)C(=O)N2CCC[C@H]2C(=O)NCCO)N1. The highest BCUT2D eigenvalue weighted by atomic mass is 16.3. The van der Waals surface area contributed by atoms with Crippen molar-refractivity contribution in [3.63, 3.8) is 0 Å². The molecule has 0 aromatic carbocycles. The smallest absolute Gasteiger partial charge is 0.246 e. The Kier molecular flexibility index (Phi) is 6.24. The van der Waals surface area contributed by atoms with Gasteiger partial charge in [0.25, 0.3) is 0 Å². The van der Waals surface area contributed by atoms with E-state index in [0.717, 1.165) is 0 Å². The summed E-state index contributed by atoms with van der Waals surface area (Å²) in [5.41, 5.74) is 0.664. The standard InChI is InChI=1S/C17H24N6O5/c24-5-3-19-16(27)13-2-1-4-23(13)17(28)12(6-10-8-18-9-20-10)22-15(26)11-7-14(25)21-11/h8-9,11-13,24H,1-7H2,(H,18,20)(H,19,27)(H,21,25)(H,22,26)/t11-,12-,13-/m0/s1. The number of aliphatic hydroxyl groups is 1. The summed E-state index contributed by atoms with van der Waals surface area (Å²) in [6.45, 7) is 0.344. The maximum atomic E-state index is 13.1. The highest BCUT2D eigenvalue weighted by Gasteiger charge is 2.39. The van der Waals surface area contributed by atoms with Crippen LogP contribution in [0.25, 0.3) is 0 Å². The number of aromatic amines is 1. The molecular formula is C17H24N6O5. The fourth-order valence-electron chi connectivity index (χ4n) is 3.41. The van der Waals surface area contributed by atoms with Crippen molar-refractivity contribution in [2.75, 3.05) is 19.7 Å². The minimum absolute atomic E-state index is 0.0900. The van der Waals surface area contributed by atoms with E-state index < -0.39 is 24.0 Å². The normalized spacial score (nSPS) is 22.2. The molecule has 1 aromatic rings. The van der Waals surface area contributed by atoms with Crippen LogP contribution in [0, 0.1) is 0 Å². The highest BCUT2D eigenvalue weighted by molar-refractivity contribution is 5.99. The zero-order valence-electron chi connectivity index (χ0n) is 15.3. The molecule has 2 aliphatic heterocycles. The van der Waals surface area contributed by atoms with Gasteiger partial charge in [-0.2, -0.15) is 0 Å². The largest absolute Gasteiger partial charge is 0.395 e. The van der Waals surface area contributed by atoms with Gasteiger partial charge in [-0.25, -0.2) is 4.98 Å². The predicted octanol–water partition coefficient (Wildman–Crippen LogP) is -2.57. The average Bonchev–Trinajstić information content (AvgIpc) is 3.34. The molecule has 0 radical (unpaired) electrons. The molecule has 11 heteroatoms. The van der Waals surface area contributed by atoms with E-state index in [9.17, 15) is 19.2 Å². The number of H-pyrrole nitrogens is 1. The minimum Gasteiger partial charge on any atom is -0.395 e. The number of aliphatic hydroxyl groups excluding tert-OH is 1. The molecule has 3 rings (SSSR count). The van der Waals surface area contributed by atoms with E-state index in [1.165, 1.54) is 11.2 Å². The summed E-state index contributed by atoms with van der Waals surface area (Å²) in [5, 5.41) is 16.6. The lowest BCUT2D eigenvalue weighted by atomic mass is 10.0. The Labute approximate surface area is 161 Å². The first-order valence-corrected chi connectivity index (χ1v) is 9.25. The van der Waals surface area contributed by atoms with E-state index in [0.29, 0.717) is 25.1 Å². The predicted molar refractivity (Wildman–Crippen MR) is 95.6 cm³/mol. The first-order chi connectivity index (χ1) is 13.5. The van der Waals surface area contributed by atoms with Crippen LogP contribution in [0.4, 0.5) is 0 Å². The Hall–Kier alpha value is -2.95. The number of hydrogen-bond acceptors (Lipinski definition) is 6. The molecular weight excluding hydrogens is 368 g/mol. The number of imidazole rings is 1. The van der Waals surface area contributed by atoms with E-state index >= 15 is 0 Å². The van der Waals surface area contributed by atoms with Gasteiger partial charge in [0.1, 0.15) is 18.1 Å². The van der Waals surface area contributed by atoms with Crippen molar-refractivity contribution in [3.05, 3.63) is 18.2 Å². The number of likely N-dealkylation sites (tertiary alicyclic amines) is 1. The topological polar surface area (TPSA) is 157 Å². The van der Waals surface area contributed by atoms with Crippen LogP contribution < -0.4 is 16.0 Å². The van der Waals surface area contributed by atoms with Crippen molar-refractivity contribution >= 4 is 23.6 Å². The van der Waals surface area contributed by atoms with Crippen LogP contribution in [0.15, 0.2) is 12.5 Å². The molecule has 2 aliphatic rings. The Morgan fingerprint density at radius 1 is 1.36 bits per heavy atom. The Balaban J connectivity index is 1.70. The zero-order valence-corrected chi connectivity index (χ0v) is 15.3. The molecule has 152 valence electrons. The summed E-state index contributed by atoms with van der Waals surface area (Å²) in [6.07, 6.45) is 4.51. The first kappa shape index (κ1) is 19.8. The van der Waals surface area contributed by atoms with E-state index in [2.05, 4.69) is 25.9 Å². The summed E-state index contributed by atoms with van der Waals surface area (Å²) in [6, 6.07) is -2.17. The van der Waals surface area contributed by atoms with Crippen LogP contribution in [0.5, 0.6) is 0 Å². The highest BCUT2D eigenvalue weighted by Crippen LogP contribution is 2.19. The number of carbonyl (C=O) groups is 4. The van der Waals surface area contributed by atoms with Gasteiger partial charge >= 0.3 is 0 Å². The Morgan fingerprint density at radius 3 is 2.79 bits per heavy atom. The van der Waals surface area contributed by atoms with E-state index in [1.54, 1.807) is 6.20 Å². The third kappa shape index (κ3) is 4.47. The summed E-state index contributed by atoms with van der Waals surface area (Å²) >= 11 is 0. The lowest BCUT2D eigenvalue weighted by Crippen LogP contribution is -2.61. The monoisotopic (exact) mass is 392 g/mol. The fraction of sp³-hybridized carbons (Fsp3) is 0.588. The van der Waals surface area contributed by atoms with Gasteiger partial charge < -0.3 is 30.9 Å². The summed E-state index contributed by atoms with van der Waals surface area (Å²) in [5.74, 6) is -1.33. The molecule has 0 aliphatic carbocycles. The van der Waals surface area contributed by atoms with Crippen LogP contribution in [0.3, 0.4) is 0 Å². The van der Waals surface area contributed by atoms with Gasteiger partial charge in [-0.3, -0.25) is 19.2 Å². The molecule has 11 nitrogen and oxygen atoms in total. The van der Waals surface area contributed by atoms with Gasteiger partial charge in [-0.05, 0) is 12.8 Å². The van der Waals surface area contributed by atoms with Gasteiger partial charge in [0.2, 0.25) is 23.6 Å². The number of nitrogens with one attached hydrogen (secondary N) is 4. The molecule has 2 fully saturated rings. The van der Waals surface area contributed by atoms with Crippen molar-refractivity contribution in [2.24, 2.45) is 0 Å². The molecule has 1 aromatic heterocycles. The number of β-lactam (4-membered cyclic amide) rings is 1. The second kappa shape index (κ2) is 8.83. The van der Waals surface area contributed by atoms with Crippen LogP contribution in [0.1, 0.15) is 25.0 Å². The molecule has 2 saturated heterocycles. The van der Waals surface area contributed by atoms with Crippen LogP contribution >= 0.6 is 0 Å². The van der Waals surface area contributed by atoms with Crippen molar-refractivity contribution in [2.45, 2.75) is 43.8 Å². The van der Waals surface area contributed by atoms with Crippen molar-refractivity contribution in [1.82, 2.24) is 30.8 Å². The van der Waals surface area contributed by atoms with Crippen LogP contribution in [0.2, 0.25) is 0 Å². The molecule has 0 spiro atoms. The zero-order chi connectivity index (χ0) is 20.1. The summed E-state index contributed by atoms with van der Waals surface area (Å²) in [7, 11) is 0. The van der Waals surface area contributed by atoms with E-state index in [4.69, 9.17) is 5.11 Å². The van der Waals surface area contributed by atoms with Gasteiger partial charge in [0.05, 0.1) is 19.4 Å². The summed E-state index contributed by atoms with van der Waals surface area (Å²) < 4.78 is 0. The lowest BCUT2D eigenvalue weighted by Gasteiger charge is -2.31. The third-order valence-corrected chi connectivity index (χ3v) is 4.88. The molecule has 0 unspecified atom stereocenters. The van der Waals surface area contributed by atoms with E-state index in [-0.39, 0.29) is 43.7 Å². The first-order valence-electron chi connectivity index (χ1n) is 9.25. The number of rotatable bonds is 8. The maximum absolute atomic E-state index is 13.1. The van der Waals surface area contributed by atoms with Crippen molar-refractivity contribution < 1.29 is 24.3 Å². The number of carbonyl (C=O) groups excluding carboxylic acids is 4. The van der Waals surface area contributed by atoms with Crippen LogP contribution in [-0.4, -0.2) is 81.4 Å². The Morgan fingerprint density at radius 2 is 2.14 bits per heavy atom. The number of nitrogens with zero attached hydrogens (tertiary/aromatic N) is 2. The molecule has 4 amide bonds. The number of aromatic nitrogens is 2. The van der Waals surface area contributed by atoms with Gasteiger partial charge in [-0.1, -0.05) is 0 Å². The Bertz CT molecular complexity index is 728. The van der Waals surface area contributed by atoms with Gasteiger partial charge in [0.15, 0.2) is 0 Å². The minimum atomic E-state index is -0.892. The quantitative estimate of drug-likeness (QED) is 0.306. The van der Waals surface area contributed by atoms with Gasteiger partial charge in [-0.15, -0.1) is 0 Å². The van der Waals surface area contributed by atoms with E-state index in [1.807, 2.05) is 0 Å². The second-order valence-electron chi connectivity index (χ2n) is 6.87. The van der Waals surface area contributed by atoms with Crippen LogP contribution in [-0.2, 0) is 25.6 Å². The van der Waals surface area contributed by atoms with Gasteiger partial charge in [0, 0.05) is 31.4 Å². The average molecular weight is 392 g/mol. The molecule has 3 atom stereocenters. The molecule has 0 saturated carbocycles. The molecule has 0 bridgehead atoms. The maximum Gasteiger partial charge on any atom is 0.246 e. The molecule has 5 N–H and O–H groups in total. The molecule has 28 heavy (non-hydrogen) atoms. The van der Waals surface area contributed by atoms with Crippen molar-refractivity contribution in [1.29, 1.82) is 0 Å². The number of hydrogen-bond donors (Lipinski definition) is 5. The molecule has 3 heterocycles. The summed E-state index contributed by atoms with van der Waals surface area (Å²) in [4.78, 5) is 57.2.